The third-order valence-corrected chi connectivity index (χ3v) is 5.46. The minimum absolute atomic E-state index is 0.456. The maximum Gasteiger partial charge on any atom is 0.119 e. The Morgan fingerprint density at radius 1 is 1.29 bits per heavy atom. The smallest absolute Gasteiger partial charge is 0.119 e. The van der Waals surface area contributed by atoms with Crippen molar-refractivity contribution in [2.75, 3.05) is 33.4 Å². The van der Waals surface area contributed by atoms with Crippen molar-refractivity contribution in [3.8, 4) is 5.75 Å². The second-order valence-electron chi connectivity index (χ2n) is 7.17. The molecular weight excluding hydrogens is 300 g/mol. The number of ether oxygens (including phenoxy) is 2. The van der Waals surface area contributed by atoms with Crippen LogP contribution >= 0.6 is 0 Å². The quantitative estimate of drug-likeness (QED) is 0.814. The van der Waals surface area contributed by atoms with E-state index < -0.39 is 0 Å². The lowest BCUT2D eigenvalue weighted by Gasteiger charge is -2.30. The molecule has 0 bridgehead atoms. The van der Waals surface area contributed by atoms with Crippen LogP contribution in [0, 0.1) is 0 Å². The maximum atomic E-state index is 5.57. The number of methoxy groups -OCH3 is 1. The SMILES string of the molecule is COc1cccc(C2C(NCC3=CCCOC3)CCN2C2CC2)c1. The third-order valence-electron chi connectivity index (χ3n) is 5.46. The first-order chi connectivity index (χ1) is 11.8. The minimum Gasteiger partial charge on any atom is -0.497 e. The molecule has 2 unspecified atom stereocenters. The summed E-state index contributed by atoms with van der Waals surface area (Å²) in [6.45, 7) is 3.80. The lowest BCUT2D eigenvalue weighted by atomic mass is 9.99. The topological polar surface area (TPSA) is 33.7 Å². The molecule has 4 nitrogen and oxygen atoms in total. The highest BCUT2D eigenvalue weighted by molar-refractivity contribution is 5.32. The molecule has 2 aliphatic heterocycles. The van der Waals surface area contributed by atoms with E-state index in [0.29, 0.717) is 12.1 Å². The maximum absolute atomic E-state index is 5.57. The molecule has 0 spiro atoms. The van der Waals surface area contributed by atoms with E-state index in [1.54, 1.807) is 7.11 Å². The van der Waals surface area contributed by atoms with Gasteiger partial charge < -0.3 is 14.8 Å². The highest BCUT2D eigenvalue weighted by atomic mass is 16.5. The van der Waals surface area contributed by atoms with Crippen molar-refractivity contribution in [2.45, 2.75) is 43.8 Å². The highest BCUT2D eigenvalue weighted by Gasteiger charge is 2.42. The van der Waals surface area contributed by atoms with E-state index in [9.17, 15) is 0 Å². The second kappa shape index (κ2) is 7.26. The van der Waals surface area contributed by atoms with Gasteiger partial charge in [-0.3, -0.25) is 4.90 Å². The Kier molecular flexibility index (Phi) is 4.88. The molecule has 0 amide bonds. The summed E-state index contributed by atoms with van der Waals surface area (Å²) in [6.07, 6.45) is 7.31. The predicted molar refractivity (Wildman–Crippen MR) is 95.4 cm³/mol. The number of rotatable bonds is 6. The fourth-order valence-corrected chi connectivity index (χ4v) is 4.09. The van der Waals surface area contributed by atoms with Crippen molar-refractivity contribution in [2.24, 2.45) is 0 Å². The van der Waals surface area contributed by atoms with E-state index in [0.717, 1.165) is 38.0 Å². The molecule has 1 aliphatic carbocycles. The molecule has 0 radical (unpaired) electrons. The van der Waals surface area contributed by atoms with Gasteiger partial charge in [-0.25, -0.2) is 0 Å². The van der Waals surface area contributed by atoms with Crippen LogP contribution in [0.3, 0.4) is 0 Å². The summed E-state index contributed by atoms with van der Waals surface area (Å²) in [6, 6.07) is 10.4. The fourth-order valence-electron chi connectivity index (χ4n) is 4.09. The molecule has 1 saturated carbocycles. The zero-order valence-electron chi connectivity index (χ0n) is 14.5. The summed E-state index contributed by atoms with van der Waals surface area (Å²) in [7, 11) is 1.75. The van der Waals surface area contributed by atoms with Gasteiger partial charge in [0.2, 0.25) is 0 Å². The standard InChI is InChI=1S/C20H28N2O2/c1-23-18-6-2-5-16(12-18)20-19(9-10-22(20)17-7-8-17)21-13-15-4-3-11-24-14-15/h2,4-6,12,17,19-21H,3,7-11,13-14H2,1H3. The van der Waals surface area contributed by atoms with Gasteiger partial charge in [0.15, 0.2) is 0 Å². The van der Waals surface area contributed by atoms with Gasteiger partial charge in [-0.15, -0.1) is 0 Å². The van der Waals surface area contributed by atoms with Gasteiger partial charge in [0.1, 0.15) is 5.75 Å². The lowest BCUT2D eigenvalue weighted by Crippen LogP contribution is -2.38. The predicted octanol–water partition coefficient (Wildman–Crippen LogP) is 2.91. The number of hydrogen-bond donors (Lipinski definition) is 1. The summed E-state index contributed by atoms with van der Waals surface area (Å²) in [5.41, 5.74) is 2.78. The van der Waals surface area contributed by atoms with Crippen molar-refractivity contribution in [1.82, 2.24) is 10.2 Å². The summed E-state index contributed by atoms with van der Waals surface area (Å²) >= 11 is 0. The molecule has 1 aromatic rings. The summed E-state index contributed by atoms with van der Waals surface area (Å²) in [5.74, 6) is 0.956. The number of likely N-dealkylation sites (tertiary alicyclic amines) is 1. The van der Waals surface area contributed by atoms with Gasteiger partial charge in [-0.1, -0.05) is 18.2 Å². The van der Waals surface area contributed by atoms with Crippen LogP contribution in [0.5, 0.6) is 5.75 Å². The molecule has 2 heterocycles. The first kappa shape index (κ1) is 16.1. The van der Waals surface area contributed by atoms with Crippen molar-refractivity contribution < 1.29 is 9.47 Å². The Bertz CT molecular complexity index is 597. The molecule has 2 atom stereocenters. The molecule has 0 aromatic heterocycles. The van der Waals surface area contributed by atoms with Gasteiger partial charge >= 0.3 is 0 Å². The van der Waals surface area contributed by atoms with Gasteiger partial charge in [-0.05, 0) is 49.0 Å². The van der Waals surface area contributed by atoms with Gasteiger partial charge in [0.25, 0.3) is 0 Å². The molecule has 1 N–H and O–H groups in total. The van der Waals surface area contributed by atoms with E-state index in [1.165, 1.54) is 36.9 Å². The Labute approximate surface area is 144 Å². The van der Waals surface area contributed by atoms with Crippen LogP contribution in [0.1, 0.15) is 37.3 Å². The van der Waals surface area contributed by atoms with Crippen molar-refractivity contribution in [3.63, 3.8) is 0 Å². The first-order valence-corrected chi connectivity index (χ1v) is 9.24. The van der Waals surface area contributed by atoms with Crippen molar-refractivity contribution in [1.29, 1.82) is 0 Å². The molecule has 4 rings (SSSR count). The van der Waals surface area contributed by atoms with Crippen LogP contribution in [-0.2, 0) is 4.74 Å². The molecule has 4 heteroatoms. The Balaban J connectivity index is 1.50. The third kappa shape index (κ3) is 3.51. The normalized spacial score (nSPS) is 28.0. The molecule has 1 aromatic carbocycles. The van der Waals surface area contributed by atoms with Crippen LogP contribution in [0.15, 0.2) is 35.9 Å². The van der Waals surface area contributed by atoms with E-state index >= 15 is 0 Å². The van der Waals surface area contributed by atoms with Crippen LogP contribution in [0.2, 0.25) is 0 Å². The number of hydrogen-bond acceptors (Lipinski definition) is 4. The summed E-state index contributed by atoms with van der Waals surface area (Å²) in [4.78, 5) is 2.71. The molecular formula is C20H28N2O2. The summed E-state index contributed by atoms with van der Waals surface area (Å²) in [5, 5.41) is 3.82. The number of nitrogens with one attached hydrogen (secondary N) is 1. The Morgan fingerprint density at radius 2 is 2.21 bits per heavy atom. The second-order valence-corrected chi connectivity index (χ2v) is 7.17. The van der Waals surface area contributed by atoms with Crippen LogP contribution in [0.25, 0.3) is 0 Å². The van der Waals surface area contributed by atoms with Crippen LogP contribution in [-0.4, -0.2) is 50.4 Å². The fraction of sp³-hybridized carbons (Fsp3) is 0.600. The van der Waals surface area contributed by atoms with Crippen LogP contribution < -0.4 is 10.1 Å². The molecule has 1 saturated heterocycles. The largest absolute Gasteiger partial charge is 0.497 e. The van der Waals surface area contributed by atoms with Crippen molar-refractivity contribution >= 4 is 0 Å². The lowest BCUT2D eigenvalue weighted by molar-refractivity contribution is 0.148. The monoisotopic (exact) mass is 328 g/mol. The summed E-state index contributed by atoms with van der Waals surface area (Å²) < 4.78 is 11.0. The van der Waals surface area contributed by atoms with Gasteiger partial charge in [0.05, 0.1) is 26.4 Å². The molecule has 2 fully saturated rings. The van der Waals surface area contributed by atoms with E-state index in [4.69, 9.17) is 9.47 Å². The number of nitrogens with zero attached hydrogens (tertiary/aromatic N) is 1. The van der Waals surface area contributed by atoms with Gasteiger partial charge in [0, 0.05) is 25.2 Å². The molecule has 130 valence electrons. The van der Waals surface area contributed by atoms with E-state index in [2.05, 4.69) is 34.5 Å². The van der Waals surface area contributed by atoms with E-state index in [1.807, 2.05) is 6.07 Å². The Hall–Kier alpha value is -1.36. The average molecular weight is 328 g/mol. The first-order valence-electron chi connectivity index (χ1n) is 9.24. The minimum atomic E-state index is 0.456. The van der Waals surface area contributed by atoms with Crippen LogP contribution in [0.4, 0.5) is 0 Å². The molecule has 3 aliphatic rings. The zero-order valence-corrected chi connectivity index (χ0v) is 14.5. The van der Waals surface area contributed by atoms with Gasteiger partial charge in [-0.2, -0.15) is 0 Å². The number of benzene rings is 1. The average Bonchev–Trinajstić information content (AvgIpc) is 3.40. The highest BCUT2D eigenvalue weighted by Crippen LogP contribution is 2.41. The Morgan fingerprint density at radius 3 is 2.96 bits per heavy atom. The molecule has 24 heavy (non-hydrogen) atoms. The zero-order chi connectivity index (χ0) is 16.4. The van der Waals surface area contributed by atoms with Crippen molar-refractivity contribution in [3.05, 3.63) is 41.5 Å². The van der Waals surface area contributed by atoms with E-state index in [-0.39, 0.29) is 0 Å².